The van der Waals surface area contributed by atoms with Crippen LogP contribution in [0.2, 0.25) is 0 Å². The van der Waals surface area contributed by atoms with E-state index in [0.717, 1.165) is 12.8 Å². The molecule has 0 radical (unpaired) electrons. The summed E-state index contributed by atoms with van der Waals surface area (Å²) in [4.78, 5) is 47.4. The number of piperidine rings is 1. The molecule has 0 aromatic heterocycles. The lowest BCUT2D eigenvalue weighted by Crippen LogP contribution is -2.52. The zero-order valence-corrected chi connectivity index (χ0v) is 11.6. The fourth-order valence-electron chi connectivity index (χ4n) is 2.07. The van der Waals surface area contributed by atoms with Crippen molar-refractivity contribution in [3.05, 3.63) is 4.91 Å². The van der Waals surface area contributed by atoms with Crippen molar-refractivity contribution in [2.75, 3.05) is 6.54 Å². The largest absolute Gasteiger partial charge is 0.324 e. The number of ketones is 1. The van der Waals surface area contributed by atoms with Crippen LogP contribution in [-0.4, -0.2) is 35.1 Å². The molecule has 1 aliphatic rings. The van der Waals surface area contributed by atoms with Crippen LogP contribution >= 0.6 is 0 Å². The SMILES string of the molecule is CCC(C)(C)C(=O)C(=O)N1CCCCC1C(=O)N=O. The Morgan fingerprint density at radius 1 is 1.26 bits per heavy atom. The van der Waals surface area contributed by atoms with E-state index in [0.29, 0.717) is 19.4 Å². The molecule has 1 saturated heterocycles. The van der Waals surface area contributed by atoms with Gasteiger partial charge in [0.25, 0.3) is 5.91 Å². The highest BCUT2D eigenvalue weighted by Gasteiger charge is 2.40. The Kier molecular flexibility index (Phi) is 4.91. The highest BCUT2D eigenvalue weighted by atomic mass is 16.3. The molecule has 1 heterocycles. The van der Waals surface area contributed by atoms with Crippen LogP contribution in [0.15, 0.2) is 5.18 Å². The summed E-state index contributed by atoms with van der Waals surface area (Å²) >= 11 is 0. The molecule has 6 nitrogen and oxygen atoms in total. The van der Waals surface area contributed by atoms with E-state index in [1.54, 1.807) is 13.8 Å². The first-order valence-corrected chi connectivity index (χ1v) is 6.57. The van der Waals surface area contributed by atoms with E-state index >= 15 is 0 Å². The Bertz CT molecular complexity index is 403. The molecule has 0 aromatic rings. The Balaban J connectivity index is 2.92. The van der Waals surface area contributed by atoms with Crippen LogP contribution < -0.4 is 0 Å². The molecular weight excluding hydrogens is 248 g/mol. The summed E-state index contributed by atoms with van der Waals surface area (Å²) in [5.74, 6) is -2.05. The molecule has 0 N–H and O–H groups in total. The Hall–Kier alpha value is -1.59. The topological polar surface area (TPSA) is 83.9 Å². The van der Waals surface area contributed by atoms with Crippen molar-refractivity contribution >= 4 is 17.6 Å². The first kappa shape index (κ1) is 15.5. The smallest absolute Gasteiger partial charge is 0.308 e. The highest BCUT2D eigenvalue weighted by Crippen LogP contribution is 2.25. The molecule has 1 fully saturated rings. The lowest BCUT2D eigenvalue weighted by Gasteiger charge is -2.34. The molecule has 0 bridgehead atoms. The number of Topliss-reactive ketones (excluding diaryl/α,β-unsaturated/α-hetero) is 1. The van der Waals surface area contributed by atoms with Gasteiger partial charge in [0, 0.05) is 17.1 Å². The number of carbonyl (C=O) groups excluding carboxylic acids is 3. The summed E-state index contributed by atoms with van der Waals surface area (Å²) in [6.07, 6.45) is 2.42. The molecule has 1 atom stereocenters. The number of hydrogen-bond acceptors (Lipinski definition) is 4. The van der Waals surface area contributed by atoms with Crippen LogP contribution in [0.25, 0.3) is 0 Å². The van der Waals surface area contributed by atoms with E-state index in [9.17, 15) is 19.3 Å². The molecular formula is C13H20N2O4. The number of nitroso groups, excluding NO2 is 1. The van der Waals surface area contributed by atoms with Gasteiger partial charge in [0.1, 0.15) is 6.04 Å². The number of nitrogens with zero attached hydrogens (tertiary/aromatic N) is 2. The third-order valence-electron chi connectivity index (χ3n) is 3.83. The average Bonchev–Trinajstić information content (AvgIpc) is 2.44. The lowest BCUT2D eigenvalue weighted by molar-refractivity contribution is -0.153. The Morgan fingerprint density at radius 2 is 1.89 bits per heavy atom. The second-order valence-corrected chi connectivity index (χ2v) is 5.51. The van der Waals surface area contributed by atoms with E-state index in [4.69, 9.17) is 0 Å². The quantitative estimate of drug-likeness (QED) is 0.573. The number of amides is 2. The van der Waals surface area contributed by atoms with Crippen molar-refractivity contribution in [3.8, 4) is 0 Å². The summed E-state index contributed by atoms with van der Waals surface area (Å²) in [6.45, 7) is 5.56. The standard InChI is InChI=1S/C13H20N2O4/c1-4-13(2,3)10(16)12(18)15-8-6-5-7-9(15)11(17)14-19/h9H,4-8H2,1-3H3. The van der Waals surface area contributed by atoms with Gasteiger partial charge in [0.05, 0.1) is 0 Å². The highest BCUT2D eigenvalue weighted by molar-refractivity contribution is 6.38. The number of likely N-dealkylation sites (tertiary alicyclic amines) is 1. The summed E-state index contributed by atoms with van der Waals surface area (Å²) < 4.78 is 0. The van der Waals surface area contributed by atoms with Crippen LogP contribution in [-0.2, 0) is 14.4 Å². The van der Waals surface area contributed by atoms with Crippen molar-refractivity contribution < 1.29 is 14.4 Å². The van der Waals surface area contributed by atoms with Gasteiger partial charge in [-0.25, -0.2) is 0 Å². The van der Waals surface area contributed by atoms with Gasteiger partial charge in [-0.2, -0.15) is 0 Å². The van der Waals surface area contributed by atoms with Crippen molar-refractivity contribution in [1.82, 2.24) is 4.90 Å². The fourth-order valence-corrected chi connectivity index (χ4v) is 2.07. The Labute approximate surface area is 112 Å². The normalized spacial score (nSPS) is 19.9. The average molecular weight is 268 g/mol. The van der Waals surface area contributed by atoms with Crippen molar-refractivity contribution in [2.24, 2.45) is 10.6 Å². The lowest BCUT2D eigenvalue weighted by atomic mass is 9.84. The maximum absolute atomic E-state index is 12.2. The molecule has 0 spiro atoms. The molecule has 2 amide bonds. The second kappa shape index (κ2) is 6.04. The van der Waals surface area contributed by atoms with E-state index in [1.165, 1.54) is 4.90 Å². The van der Waals surface area contributed by atoms with Gasteiger partial charge in [-0.05, 0) is 25.7 Å². The summed E-state index contributed by atoms with van der Waals surface area (Å²) in [5.41, 5.74) is -0.753. The predicted octanol–water partition coefficient (Wildman–Crippen LogP) is 1.67. The zero-order chi connectivity index (χ0) is 14.6. The van der Waals surface area contributed by atoms with Gasteiger partial charge in [-0.1, -0.05) is 20.8 Å². The summed E-state index contributed by atoms with van der Waals surface area (Å²) in [6, 6.07) is -0.865. The molecule has 0 aliphatic carbocycles. The van der Waals surface area contributed by atoms with Crippen molar-refractivity contribution in [2.45, 2.75) is 52.5 Å². The van der Waals surface area contributed by atoms with E-state index in [2.05, 4.69) is 5.18 Å². The zero-order valence-electron chi connectivity index (χ0n) is 11.6. The molecule has 6 heteroatoms. The number of carbonyl (C=O) groups is 3. The molecule has 0 saturated carbocycles. The number of rotatable bonds is 4. The molecule has 0 aromatic carbocycles. The second-order valence-electron chi connectivity index (χ2n) is 5.51. The minimum Gasteiger partial charge on any atom is -0.324 e. The van der Waals surface area contributed by atoms with Crippen LogP contribution in [0.1, 0.15) is 46.5 Å². The minimum absolute atomic E-state index is 0.330. The van der Waals surface area contributed by atoms with E-state index in [1.807, 2.05) is 6.92 Å². The van der Waals surface area contributed by atoms with Gasteiger partial charge < -0.3 is 4.90 Å². The van der Waals surface area contributed by atoms with Crippen LogP contribution in [0.4, 0.5) is 0 Å². The van der Waals surface area contributed by atoms with E-state index < -0.39 is 29.1 Å². The Morgan fingerprint density at radius 3 is 2.42 bits per heavy atom. The van der Waals surface area contributed by atoms with Crippen LogP contribution in [0, 0.1) is 10.3 Å². The van der Waals surface area contributed by atoms with Crippen molar-refractivity contribution in [3.63, 3.8) is 0 Å². The number of hydrogen-bond donors (Lipinski definition) is 0. The van der Waals surface area contributed by atoms with Gasteiger partial charge >= 0.3 is 5.91 Å². The van der Waals surface area contributed by atoms with Gasteiger partial charge in [0.15, 0.2) is 0 Å². The maximum atomic E-state index is 12.2. The first-order chi connectivity index (χ1) is 8.85. The third-order valence-corrected chi connectivity index (χ3v) is 3.83. The molecule has 1 unspecified atom stereocenters. The van der Waals surface area contributed by atoms with E-state index in [-0.39, 0.29) is 0 Å². The van der Waals surface area contributed by atoms with Crippen LogP contribution in [0.3, 0.4) is 0 Å². The predicted molar refractivity (Wildman–Crippen MR) is 69.2 cm³/mol. The summed E-state index contributed by atoms with van der Waals surface area (Å²) in [7, 11) is 0. The molecule has 106 valence electrons. The van der Waals surface area contributed by atoms with Gasteiger partial charge in [0.2, 0.25) is 5.78 Å². The monoisotopic (exact) mass is 268 g/mol. The fraction of sp³-hybridized carbons (Fsp3) is 0.769. The summed E-state index contributed by atoms with van der Waals surface area (Å²) in [5, 5.41) is 2.39. The van der Waals surface area contributed by atoms with Crippen molar-refractivity contribution in [1.29, 1.82) is 0 Å². The minimum atomic E-state index is -0.866. The van der Waals surface area contributed by atoms with Crippen LogP contribution in [0.5, 0.6) is 0 Å². The molecule has 19 heavy (non-hydrogen) atoms. The maximum Gasteiger partial charge on any atom is 0.308 e. The molecule has 1 aliphatic heterocycles. The first-order valence-electron chi connectivity index (χ1n) is 6.57. The van der Waals surface area contributed by atoms with Gasteiger partial charge in [-0.15, -0.1) is 4.91 Å². The third kappa shape index (κ3) is 3.24. The molecule has 1 rings (SSSR count). The van der Waals surface area contributed by atoms with Gasteiger partial charge in [-0.3, -0.25) is 14.4 Å².